The summed E-state index contributed by atoms with van der Waals surface area (Å²) in [6, 6.07) is 2.69. The van der Waals surface area contributed by atoms with Crippen molar-refractivity contribution >= 4 is 11.8 Å². The maximum absolute atomic E-state index is 14.0. The van der Waals surface area contributed by atoms with Crippen LogP contribution in [0, 0.1) is 11.6 Å². The fourth-order valence-electron chi connectivity index (χ4n) is 5.43. The van der Waals surface area contributed by atoms with Gasteiger partial charge in [0.15, 0.2) is 11.4 Å². The number of amides is 2. The van der Waals surface area contributed by atoms with Crippen molar-refractivity contribution in [2.45, 2.75) is 44.0 Å². The minimum atomic E-state index is -0.960. The molecule has 0 saturated carbocycles. The minimum Gasteiger partial charge on any atom is -0.503 e. The first-order valence-corrected chi connectivity index (χ1v) is 10.9. The molecule has 5 rings (SSSR count). The van der Waals surface area contributed by atoms with Crippen molar-refractivity contribution in [3.05, 3.63) is 74.7 Å². The van der Waals surface area contributed by atoms with E-state index >= 15 is 0 Å². The van der Waals surface area contributed by atoms with E-state index in [1.165, 1.54) is 6.07 Å². The number of aromatic nitrogens is 1. The summed E-state index contributed by atoms with van der Waals surface area (Å²) in [5, 5.41) is 13.3. The Morgan fingerprint density at radius 2 is 2.06 bits per heavy atom. The predicted octanol–water partition coefficient (Wildman–Crippen LogP) is 1.83. The Morgan fingerprint density at radius 3 is 2.76 bits per heavy atom. The molecule has 0 fully saturated rings. The molecule has 178 valence electrons. The Morgan fingerprint density at radius 1 is 1.29 bits per heavy atom. The normalized spacial score (nSPS) is 24.7. The molecule has 8 nitrogen and oxygen atoms in total. The van der Waals surface area contributed by atoms with Crippen LogP contribution in [0.4, 0.5) is 8.78 Å². The van der Waals surface area contributed by atoms with Gasteiger partial charge >= 0.3 is 0 Å². The Balaban J connectivity index is 1.62. The molecule has 1 aromatic carbocycles. The zero-order chi connectivity index (χ0) is 24.4. The molecular formula is C24H23F2N3O5. The Hall–Kier alpha value is -3.53. The number of rotatable bonds is 4. The van der Waals surface area contributed by atoms with Crippen molar-refractivity contribution in [1.29, 1.82) is 0 Å². The molecule has 0 unspecified atom stereocenters. The lowest BCUT2D eigenvalue weighted by molar-refractivity contribution is -0.00156. The molecule has 10 heteroatoms. The van der Waals surface area contributed by atoms with Gasteiger partial charge in [0.25, 0.3) is 11.8 Å². The summed E-state index contributed by atoms with van der Waals surface area (Å²) in [5.41, 5.74) is -1.83. The maximum Gasteiger partial charge on any atom is 0.275 e. The molecular weight excluding hydrogens is 448 g/mol. The number of nitrogens with zero attached hydrogens (tertiary/aromatic N) is 2. The highest BCUT2D eigenvalue weighted by atomic mass is 19.1. The molecule has 2 bridgehead atoms. The van der Waals surface area contributed by atoms with Gasteiger partial charge in [0.2, 0.25) is 5.43 Å². The second-order valence-corrected chi connectivity index (χ2v) is 8.92. The highest BCUT2D eigenvalue weighted by molar-refractivity contribution is 6.01. The molecule has 2 amide bonds. The number of carbonyl (C=O) groups is 2. The molecule has 2 N–H and O–H groups in total. The van der Waals surface area contributed by atoms with Crippen molar-refractivity contribution in [2.75, 3.05) is 13.7 Å². The fraction of sp³-hybridized carbons (Fsp3) is 0.375. The first-order valence-electron chi connectivity index (χ1n) is 10.9. The molecule has 0 aliphatic carbocycles. The standard InChI is InChI=1S/C24H23F2N3O5/c1-12-3-6-17(34-2)24-8-7-16-18(22(32)27-10-13-4-5-14(25)9-15(13)26)20(30)21(31)19(29(16)24)23(33)28(12)11-24/h3-6,9,12,17,31H,7-8,10-11H2,1-2H3,(H,27,32)/t12-,17-,24+/m0/s1. The summed E-state index contributed by atoms with van der Waals surface area (Å²) < 4.78 is 34.5. The number of nitrogens with one attached hydrogen (secondary N) is 1. The SMILES string of the molecule is CO[C@H]1C=C[C@H](C)N2C[C@]13CCc1c(C(=O)NCc4ccc(F)cc4F)c(=O)c(O)c(n13)C2=O. The van der Waals surface area contributed by atoms with Gasteiger partial charge in [-0.05, 0) is 25.8 Å². The summed E-state index contributed by atoms with van der Waals surface area (Å²) in [6.45, 7) is 1.85. The van der Waals surface area contributed by atoms with E-state index in [0.29, 0.717) is 31.1 Å². The number of benzene rings is 1. The van der Waals surface area contributed by atoms with E-state index < -0.39 is 46.3 Å². The molecule has 1 spiro atoms. The number of pyridine rings is 1. The number of halogens is 2. The van der Waals surface area contributed by atoms with Crippen LogP contribution in [0.15, 0.2) is 35.1 Å². The van der Waals surface area contributed by atoms with Crippen molar-refractivity contribution in [2.24, 2.45) is 0 Å². The van der Waals surface area contributed by atoms with Crippen molar-refractivity contribution < 1.29 is 28.2 Å². The number of fused-ring (bicyclic) bond motifs is 1. The van der Waals surface area contributed by atoms with Crippen LogP contribution in [-0.2, 0) is 23.2 Å². The zero-order valence-corrected chi connectivity index (χ0v) is 18.6. The van der Waals surface area contributed by atoms with E-state index in [1.54, 1.807) is 16.6 Å². The Kier molecular flexibility index (Phi) is 5.09. The van der Waals surface area contributed by atoms with E-state index in [9.17, 15) is 28.3 Å². The van der Waals surface area contributed by atoms with Crippen molar-refractivity contribution in [3.8, 4) is 5.75 Å². The first kappa shape index (κ1) is 22.3. The van der Waals surface area contributed by atoms with Crippen LogP contribution in [-0.4, -0.2) is 52.2 Å². The quantitative estimate of drug-likeness (QED) is 0.663. The van der Waals surface area contributed by atoms with Crippen LogP contribution in [0.1, 0.15) is 45.4 Å². The molecule has 3 aliphatic rings. The van der Waals surface area contributed by atoms with Gasteiger partial charge in [0.05, 0.1) is 5.54 Å². The van der Waals surface area contributed by atoms with Crippen LogP contribution in [0.25, 0.3) is 0 Å². The molecule has 34 heavy (non-hydrogen) atoms. The average Bonchev–Trinajstić information content (AvgIpc) is 3.11. The third-order valence-corrected chi connectivity index (χ3v) is 7.12. The van der Waals surface area contributed by atoms with Gasteiger partial charge in [-0.2, -0.15) is 0 Å². The zero-order valence-electron chi connectivity index (χ0n) is 18.6. The lowest BCUT2D eigenvalue weighted by atomic mass is 9.87. The number of methoxy groups -OCH3 is 1. The van der Waals surface area contributed by atoms with Gasteiger partial charge in [-0.15, -0.1) is 0 Å². The number of hydrogen-bond donors (Lipinski definition) is 2. The summed E-state index contributed by atoms with van der Waals surface area (Å²) in [5.74, 6) is -3.69. The van der Waals surface area contributed by atoms with E-state index in [0.717, 1.165) is 6.07 Å². The molecule has 1 aromatic heterocycles. The Bertz CT molecular complexity index is 1320. The van der Waals surface area contributed by atoms with Gasteiger partial charge in [-0.25, -0.2) is 8.78 Å². The average molecular weight is 471 g/mol. The number of carbonyl (C=O) groups excluding carboxylic acids is 2. The second kappa shape index (κ2) is 7.76. The summed E-state index contributed by atoms with van der Waals surface area (Å²) in [6.07, 6.45) is 4.05. The highest BCUT2D eigenvalue weighted by Gasteiger charge is 2.55. The summed E-state index contributed by atoms with van der Waals surface area (Å²) in [4.78, 5) is 41.1. The highest BCUT2D eigenvalue weighted by Crippen LogP contribution is 2.46. The van der Waals surface area contributed by atoms with Gasteiger partial charge in [-0.3, -0.25) is 14.4 Å². The number of ether oxygens (including phenoxy) is 1. The van der Waals surface area contributed by atoms with Gasteiger partial charge < -0.3 is 24.6 Å². The van der Waals surface area contributed by atoms with Crippen LogP contribution < -0.4 is 10.7 Å². The largest absolute Gasteiger partial charge is 0.503 e. The summed E-state index contributed by atoms with van der Waals surface area (Å²) >= 11 is 0. The van der Waals surface area contributed by atoms with Gasteiger partial charge in [0.1, 0.15) is 23.3 Å². The van der Waals surface area contributed by atoms with Gasteiger partial charge in [-0.1, -0.05) is 18.2 Å². The lowest BCUT2D eigenvalue weighted by Crippen LogP contribution is -2.59. The molecule has 0 radical (unpaired) electrons. The Labute approximate surface area is 193 Å². The topological polar surface area (TPSA) is 101 Å². The summed E-state index contributed by atoms with van der Waals surface area (Å²) in [7, 11) is 1.55. The van der Waals surface area contributed by atoms with Crippen LogP contribution >= 0.6 is 0 Å². The van der Waals surface area contributed by atoms with Crippen LogP contribution in [0.3, 0.4) is 0 Å². The van der Waals surface area contributed by atoms with E-state index in [2.05, 4.69) is 5.32 Å². The van der Waals surface area contributed by atoms with E-state index in [-0.39, 0.29) is 29.4 Å². The number of aromatic hydroxyl groups is 1. The molecule has 3 aliphatic heterocycles. The van der Waals surface area contributed by atoms with Crippen LogP contribution in [0.5, 0.6) is 5.75 Å². The smallest absolute Gasteiger partial charge is 0.275 e. The molecule has 2 aromatic rings. The monoisotopic (exact) mass is 471 g/mol. The second-order valence-electron chi connectivity index (χ2n) is 8.92. The number of hydrogen-bond acceptors (Lipinski definition) is 5. The maximum atomic E-state index is 14.0. The third-order valence-electron chi connectivity index (χ3n) is 7.12. The molecule has 3 atom stereocenters. The van der Waals surface area contributed by atoms with Crippen LogP contribution in [0.2, 0.25) is 0 Å². The minimum absolute atomic E-state index is 0.0399. The first-order chi connectivity index (χ1) is 16.2. The van der Waals surface area contributed by atoms with Gasteiger partial charge in [0, 0.05) is 43.6 Å². The van der Waals surface area contributed by atoms with E-state index in [4.69, 9.17) is 4.74 Å². The predicted molar refractivity (Wildman–Crippen MR) is 117 cm³/mol. The lowest BCUT2D eigenvalue weighted by Gasteiger charge is -2.46. The van der Waals surface area contributed by atoms with Crippen molar-refractivity contribution in [1.82, 2.24) is 14.8 Å². The van der Waals surface area contributed by atoms with E-state index in [1.807, 2.05) is 19.1 Å². The molecule has 0 saturated heterocycles. The third kappa shape index (κ3) is 3.01. The van der Waals surface area contributed by atoms with Crippen molar-refractivity contribution in [3.63, 3.8) is 0 Å². The molecule has 4 heterocycles. The fourth-order valence-corrected chi connectivity index (χ4v) is 5.43.